The first-order valence-electron chi connectivity index (χ1n) is 9.31. The van der Waals surface area contributed by atoms with E-state index in [0.717, 1.165) is 57.9 Å². The molecule has 0 saturated carbocycles. The zero-order valence-electron chi connectivity index (χ0n) is 15.2. The third-order valence-electron chi connectivity index (χ3n) is 5.58. The Kier molecular flexibility index (Phi) is 6.27. The van der Waals surface area contributed by atoms with E-state index in [0.29, 0.717) is 11.8 Å². The highest BCUT2D eigenvalue weighted by molar-refractivity contribution is 5.85. The molecular formula is C19H27ClFN5. The van der Waals surface area contributed by atoms with Crippen LogP contribution in [0.4, 0.5) is 4.39 Å². The van der Waals surface area contributed by atoms with Gasteiger partial charge in [0, 0.05) is 25.6 Å². The fourth-order valence-electron chi connectivity index (χ4n) is 4.07. The molecule has 0 amide bonds. The molecule has 1 fully saturated rings. The Morgan fingerprint density at radius 2 is 1.88 bits per heavy atom. The molecule has 7 heteroatoms. The van der Waals surface area contributed by atoms with Gasteiger partial charge in [0.25, 0.3) is 0 Å². The molecule has 1 aromatic carbocycles. The van der Waals surface area contributed by atoms with Gasteiger partial charge in [0.15, 0.2) is 0 Å². The van der Waals surface area contributed by atoms with Gasteiger partial charge in [0.1, 0.15) is 17.5 Å². The minimum absolute atomic E-state index is 0. The Morgan fingerprint density at radius 3 is 2.62 bits per heavy atom. The number of hydrogen-bond acceptors (Lipinski definition) is 4. The molecule has 142 valence electrons. The lowest BCUT2D eigenvalue weighted by atomic mass is 9.94. The van der Waals surface area contributed by atoms with Crippen molar-refractivity contribution < 1.29 is 4.39 Å². The average molecular weight is 380 g/mol. The molecule has 1 saturated heterocycles. The smallest absolute Gasteiger partial charge is 0.147 e. The van der Waals surface area contributed by atoms with Crippen molar-refractivity contribution in [1.82, 2.24) is 25.0 Å². The molecule has 2 aromatic rings. The molecule has 1 aromatic heterocycles. The van der Waals surface area contributed by atoms with Gasteiger partial charge in [-0.1, -0.05) is 19.1 Å². The monoisotopic (exact) mass is 379 g/mol. The number of piperidine rings is 1. The van der Waals surface area contributed by atoms with Crippen molar-refractivity contribution in [3.8, 4) is 0 Å². The quantitative estimate of drug-likeness (QED) is 0.887. The van der Waals surface area contributed by atoms with Gasteiger partial charge >= 0.3 is 0 Å². The summed E-state index contributed by atoms with van der Waals surface area (Å²) in [5, 5.41) is 12.2. The van der Waals surface area contributed by atoms with E-state index in [9.17, 15) is 4.39 Å². The molecule has 2 aliphatic rings. The highest BCUT2D eigenvalue weighted by atomic mass is 35.5. The predicted octanol–water partition coefficient (Wildman–Crippen LogP) is 2.93. The van der Waals surface area contributed by atoms with Gasteiger partial charge in [-0.05, 0) is 49.5 Å². The number of halogens is 2. The van der Waals surface area contributed by atoms with E-state index >= 15 is 0 Å². The maximum atomic E-state index is 13.1. The number of benzene rings is 1. The first-order valence-corrected chi connectivity index (χ1v) is 9.31. The molecule has 26 heavy (non-hydrogen) atoms. The fourth-order valence-corrected chi connectivity index (χ4v) is 4.07. The zero-order valence-corrected chi connectivity index (χ0v) is 16.0. The van der Waals surface area contributed by atoms with Crippen molar-refractivity contribution >= 4 is 12.4 Å². The summed E-state index contributed by atoms with van der Waals surface area (Å²) < 4.78 is 15.4. The number of aromatic nitrogens is 3. The zero-order chi connectivity index (χ0) is 17.2. The van der Waals surface area contributed by atoms with E-state index in [1.807, 2.05) is 12.1 Å². The lowest BCUT2D eigenvalue weighted by Gasteiger charge is -2.33. The summed E-state index contributed by atoms with van der Waals surface area (Å²) in [4.78, 5) is 2.53. The predicted molar refractivity (Wildman–Crippen MR) is 102 cm³/mol. The van der Waals surface area contributed by atoms with Crippen LogP contribution in [-0.2, 0) is 13.1 Å². The summed E-state index contributed by atoms with van der Waals surface area (Å²) in [6.45, 7) is 8.27. The van der Waals surface area contributed by atoms with E-state index in [2.05, 4.69) is 31.9 Å². The molecule has 1 N–H and O–H groups in total. The van der Waals surface area contributed by atoms with Crippen LogP contribution in [0.5, 0.6) is 0 Å². The van der Waals surface area contributed by atoms with Crippen molar-refractivity contribution in [1.29, 1.82) is 0 Å². The molecule has 1 unspecified atom stereocenters. The maximum absolute atomic E-state index is 13.1. The van der Waals surface area contributed by atoms with Crippen LogP contribution in [0.25, 0.3) is 0 Å². The summed E-state index contributed by atoms with van der Waals surface area (Å²) in [7, 11) is 0. The van der Waals surface area contributed by atoms with Crippen LogP contribution in [0.3, 0.4) is 0 Å². The number of nitrogens with one attached hydrogen (secondary N) is 1. The van der Waals surface area contributed by atoms with Gasteiger partial charge in [-0.15, -0.1) is 22.6 Å². The maximum Gasteiger partial charge on any atom is 0.147 e. The third kappa shape index (κ3) is 4.08. The Bertz CT molecular complexity index is 709. The number of likely N-dealkylation sites (tertiary alicyclic amines) is 1. The lowest BCUT2D eigenvalue weighted by molar-refractivity contribution is 0.198. The fraction of sp³-hybridized carbons (Fsp3) is 0.579. The van der Waals surface area contributed by atoms with Crippen molar-refractivity contribution in [2.45, 2.75) is 44.7 Å². The summed E-state index contributed by atoms with van der Waals surface area (Å²) >= 11 is 0. The lowest BCUT2D eigenvalue weighted by Crippen LogP contribution is -2.37. The van der Waals surface area contributed by atoms with Crippen LogP contribution in [0.1, 0.15) is 48.8 Å². The van der Waals surface area contributed by atoms with E-state index in [1.54, 1.807) is 12.1 Å². The second-order valence-corrected chi connectivity index (χ2v) is 7.33. The second kappa shape index (κ2) is 8.46. The second-order valence-electron chi connectivity index (χ2n) is 7.33. The third-order valence-corrected chi connectivity index (χ3v) is 5.58. The average Bonchev–Trinajstić information content (AvgIpc) is 3.07. The molecule has 0 bridgehead atoms. The molecule has 3 heterocycles. The Labute approximate surface area is 160 Å². The SMILES string of the molecule is CC(CN1CCC(c2nnc3n2CCNC3)CC1)c1ccc(F)cc1.Cl. The van der Waals surface area contributed by atoms with Crippen LogP contribution in [0.15, 0.2) is 24.3 Å². The molecule has 0 aliphatic carbocycles. The Morgan fingerprint density at radius 1 is 1.15 bits per heavy atom. The minimum Gasteiger partial charge on any atom is -0.312 e. The summed E-state index contributed by atoms with van der Waals surface area (Å²) in [5.74, 6) is 3.04. The number of nitrogens with zero attached hydrogens (tertiary/aromatic N) is 4. The molecular weight excluding hydrogens is 353 g/mol. The largest absolute Gasteiger partial charge is 0.312 e. The van der Waals surface area contributed by atoms with Gasteiger partial charge in [0.2, 0.25) is 0 Å². The van der Waals surface area contributed by atoms with E-state index in [4.69, 9.17) is 0 Å². The van der Waals surface area contributed by atoms with Crippen molar-refractivity contribution in [2.75, 3.05) is 26.2 Å². The van der Waals surface area contributed by atoms with Crippen LogP contribution >= 0.6 is 12.4 Å². The van der Waals surface area contributed by atoms with Gasteiger partial charge in [-0.25, -0.2) is 4.39 Å². The first kappa shape index (κ1) is 19.3. The van der Waals surface area contributed by atoms with Crippen molar-refractivity contribution in [3.05, 3.63) is 47.3 Å². The number of rotatable bonds is 4. The molecule has 1 atom stereocenters. The highest BCUT2D eigenvalue weighted by Gasteiger charge is 2.27. The molecule has 0 radical (unpaired) electrons. The Hall–Kier alpha value is -1.50. The van der Waals surface area contributed by atoms with E-state index < -0.39 is 0 Å². The van der Waals surface area contributed by atoms with Gasteiger partial charge < -0.3 is 14.8 Å². The molecule has 2 aliphatic heterocycles. The molecule has 0 spiro atoms. The summed E-state index contributed by atoms with van der Waals surface area (Å²) in [6.07, 6.45) is 2.28. The molecule has 5 nitrogen and oxygen atoms in total. The van der Waals surface area contributed by atoms with E-state index in [1.165, 1.54) is 11.4 Å². The highest BCUT2D eigenvalue weighted by Crippen LogP contribution is 2.29. The van der Waals surface area contributed by atoms with Crippen LogP contribution in [-0.4, -0.2) is 45.8 Å². The van der Waals surface area contributed by atoms with Crippen molar-refractivity contribution in [2.24, 2.45) is 0 Å². The van der Waals surface area contributed by atoms with E-state index in [-0.39, 0.29) is 18.2 Å². The topological polar surface area (TPSA) is 46.0 Å². The number of hydrogen-bond donors (Lipinski definition) is 1. The van der Waals surface area contributed by atoms with Gasteiger partial charge in [0.05, 0.1) is 6.54 Å². The number of fused-ring (bicyclic) bond motifs is 1. The molecule has 4 rings (SSSR count). The van der Waals surface area contributed by atoms with Crippen LogP contribution in [0, 0.1) is 5.82 Å². The van der Waals surface area contributed by atoms with Gasteiger partial charge in [-0.3, -0.25) is 0 Å². The van der Waals surface area contributed by atoms with Gasteiger partial charge in [-0.2, -0.15) is 0 Å². The minimum atomic E-state index is -0.163. The summed E-state index contributed by atoms with van der Waals surface area (Å²) in [5.41, 5.74) is 1.21. The van der Waals surface area contributed by atoms with Crippen molar-refractivity contribution in [3.63, 3.8) is 0 Å². The Balaban J connectivity index is 0.00000196. The summed E-state index contributed by atoms with van der Waals surface area (Å²) in [6, 6.07) is 6.93. The first-order chi connectivity index (χ1) is 12.2. The standard InChI is InChI=1S/C19H26FN5.ClH/c1-14(15-2-4-17(20)5-3-15)13-24-9-6-16(7-10-24)19-23-22-18-12-21-8-11-25(18)19;/h2-5,14,16,21H,6-13H2,1H3;1H. The van der Waals surface area contributed by atoms with Crippen LogP contribution < -0.4 is 5.32 Å². The normalized spacial score (nSPS) is 19.6. The van der Waals surface area contributed by atoms with Crippen LogP contribution in [0.2, 0.25) is 0 Å².